The van der Waals surface area contributed by atoms with Gasteiger partial charge in [-0.1, -0.05) is 32.7 Å². The summed E-state index contributed by atoms with van der Waals surface area (Å²) in [5.41, 5.74) is 0.985. The molecule has 1 aromatic heterocycles. The van der Waals surface area contributed by atoms with Crippen LogP contribution in [0.4, 0.5) is 0 Å². The topological polar surface area (TPSA) is 39.9 Å². The maximum atomic E-state index is 5.79. The zero-order valence-corrected chi connectivity index (χ0v) is 12.1. The summed E-state index contributed by atoms with van der Waals surface area (Å²) in [6, 6.07) is 7.31. The number of alkyl halides is 1. The molecule has 0 spiro atoms. The lowest BCUT2D eigenvalue weighted by Crippen LogP contribution is -2.08. The van der Waals surface area contributed by atoms with Crippen molar-refractivity contribution in [1.29, 1.82) is 0 Å². The van der Waals surface area contributed by atoms with Gasteiger partial charge in [-0.15, -0.1) is 5.10 Å². The van der Waals surface area contributed by atoms with Gasteiger partial charge in [-0.25, -0.2) is 4.68 Å². The molecule has 0 atom stereocenters. The molecule has 0 unspecified atom stereocenters. The molecule has 2 aromatic rings. The van der Waals surface area contributed by atoms with Gasteiger partial charge in [0.15, 0.2) is 0 Å². The number of aryl methyl sites for hydroxylation is 1. The average Bonchev–Trinajstić information content (AvgIpc) is 2.80. The monoisotopic (exact) mass is 329 g/mol. The van der Waals surface area contributed by atoms with E-state index in [1.807, 2.05) is 18.3 Å². The van der Waals surface area contributed by atoms with Crippen molar-refractivity contribution >= 4 is 27.5 Å². The fourth-order valence-corrected chi connectivity index (χ4v) is 1.98. The second kappa shape index (κ2) is 6.75. The van der Waals surface area contributed by atoms with E-state index in [4.69, 9.17) is 16.3 Å². The van der Waals surface area contributed by atoms with Crippen LogP contribution in [0.25, 0.3) is 0 Å². The first-order valence-corrected chi connectivity index (χ1v) is 7.11. The molecule has 1 aromatic carbocycles. The van der Waals surface area contributed by atoms with Gasteiger partial charge in [0.2, 0.25) is 0 Å². The highest BCUT2D eigenvalue weighted by atomic mass is 79.9. The van der Waals surface area contributed by atoms with Gasteiger partial charge in [0.25, 0.3) is 0 Å². The van der Waals surface area contributed by atoms with Crippen LogP contribution in [0, 0.1) is 0 Å². The van der Waals surface area contributed by atoms with Crippen molar-refractivity contribution in [2.45, 2.75) is 13.0 Å². The van der Waals surface area contributed by atoms with Crippen LogP contribution in [0.1, 0.15) is 5.69 Å². The molecule has 0 fully saturated rings. The first-order valence-electron chi connectivity index (χ1n) is 5.61. The molecule has 0 saturated carbocycles. The maximum Gasteiger partial charge on any atom is 0.119 e. The summed E-state index contributed by atoms with van der Waals surface area (Å²) >= 11 is 9.16. The summed E-state index contributed by atoms with van der Waals surface area (Å²) < 4.78 is 7.36. The number of benzene rings is 1. The Labute approximate surface area is 119 Å². The largest absolute Gasteiger partial charge is 0.492 e. The quantitative estimate of drug-likeness (QED) is 0.765. The first kappa shape index (κ1) is 13.4. The Balaban J connectivity index is 1.79. The second-order valence-corrected chi connectivity index (χ2v) is 4.94. The third-order valence-electron chi connectivity index (χ3n) is 2.34. The van der Waals surface area contributed by atoms with Crippen LogP contribution in [0.15, 0.2) is 30.5 Å². The first-order chi connectivity index (χ1) is 8.78. The van der Waals surface area contributed by atoms with Crippen molar-refractivity contribution in [1.82, 2.24) is 15.0 Å². The molecular formula is C12H13BrClN3O. The lowest BCUT2D eigenvalue weighted by atomic mass is 10.3. The van der Waals surface area contributed by atoms with Gasteiger partial charge >= 0.3 is 0 Å². The van der Waals surface area contributed by atoms with Gasteiger partial charge in [0, 0.05) is 23.0 Å². The van der Waals surface area contributed by atoms with E-state index in [9.17, 15) is 0 Å². The third kappa shape index (κ3) is 3.99. The Kier molecular flexibility index (Phi) is 5.01. The van der Waals surface area contributed by atoms with E-state index in [-0.39, 0.29) is 0 Å². The minimum Gasteiger partial charge on any atom is -0.492 e. The molecule has 0 radical (unpaired) electrons. The molecule has 2 rings (SSSR count). The van der Waals surface area contributed by atoms with Crippen LogP contribution in [0.5, 0.6) is 5.75 Å². The van der Waals surface area contributed by atoms with Gasteiger partial charge in [-0.05, 0) is 24.3 Å². The Morgan fingerprint density at radius 1 is 1.28 bits per heavy atom. The van der Waals surface area contributed by atoms with E-state index in [1.165, 1.54) is 0 Å². The number of hydrogen-bond donors (Lipinski definition) is 0. The molecule has 1 heterocycles. The number of halogens is 2. The lowest BCUT2D eigenvalue weighted by molar-refractivity contribution is 0.289. The third-order valence-corrected chi connectivity index (χ3v) is 2.99. The normalized spacial score (nSPS) is 10.6. The summed E-state index contributed by atoms with van der Waals surface area (Å²) in [6.07, 6.45) is 2.82. The smallest absolute Gasteiger partial charge is 0.119 e. The SMILES string of the molecule is Clc1ccc(OCCn2cc(CCBr)nn2)cc1. The average molecular weight is 331 g/mol. The molecular weight excluding hydrogens is 318 g/mol. The summed E-state index contributed by atoms with van der Waals surface area (Å²) in [5, 5.41) is 9.68. The van der Waals surface area contributed by atoms with Crippen LogP contribution in [-0.4, -0.2) is 26.9 Å². The van der Waals surface area contributed by atoms with Gasteiger partial charge in [0.05, 0.1) is 12.2 Å². The molecule has 0 N–H and O–H groups in total. The standard InChI is InChI=1S/C12H13BrClN3O/c13-6-5-11-9-17(16-15-11)7-8-18-12-3-1-10(14)2-4-12/h1-4,9H,5-8H2. The molecule has 0 amide bonds. The summed E-state index contributed by atoms with van der Waals surface area (Å²) in [5.74, 6) is 0.806. The van der Waals surface area contributed by atoms with E-state index in [0.29, 0.717) is 18.2 Å². The minimum atomic E-state index is 0.554. The predicted octanol–water partition coefficient (Wildman–Crippen LogP) is 2.95. The summed E-state index contributed by atoms with van der Waals surface area (Å²) in [7, 11) is 0. The van der Waals surface area contributed by atoms with Crippen LogP contribution in [0.3, 0.4) is 0 Å². The molecule has 0 aliphatic heterocycles. The van der Waals surface area contributed by atoms with Crippen molar-refractivity contribution < 1.29 is 4.74 Å². The molecule has 0 saturated heterocycles. The van der Waals surface area contributed by atoms with Crippen molar-refractivity contribution in [3.05, 3.63) is 41.2 Å². The van der Waals surface area contributed by atoms with Crippen LogP contribution >= 0.6 is 27.5 Å². The molecule has 0 aliphatic rings. The van der Waals surface area contributed by atoms with E-state index in [0.717, 1.165) is 23.2 Å². The van der Waals surface area contributed by atoms with Crippen molar-refractivity contribution in [3.8, 4) is 5.75 Å². The molecule has 0 bridgehead atoms. The number of rotatable bonds is 6. The van der Waals surface area contributed by atoms with Crippen molar-refractivity contribution in [2.24, 2.45) is 0 Å². The zero-order chi connectivity index (χ0) is 12.8. The van der Waals surface area contributed by atoms with Gasteiger partial charge in [0.1, 0.15) is 12.4 Å². The van der Waals surface area contributed by atoms with E-state index >= 15 is 0 Å². The Morgan fingerprint density at radius 2 is 2.06 bits per heavy atom. The molecule has 96 valence electrons. The number of ether oxygens (including phenoxy) is 1. The van der Waals surface area contributed by atoms with Crippen LogP contribution < -0.4 is 4.74 Å². The van der Waals surface area contributed by atoms with E-state index in [2.05, 4.69) is 26.2 Å². The Bertz CT molecular complexity index is 486. The second-order valence-electron chi connectivity index (χ2n) is 3.71. The molecule has 4 nitrogen and oxygen atoms in total. The predicted molar refractivity (Wildman–Crippen MR) is 74.5 cm³/mol. The summed E-state index contributed by atoms with van der Waals surface area (Å²) in [4.78, 5) is 0. The lowest BCUT2D eigenvalue weighted by Gasteiger charge is -2.05. The molecule has 0 aliphatic carbocycles. The number of aromatic nitrogens is 3. The maximum absolute atomic E-state index is 5.79. The van der Waals surface area contributed by atoms with E-state index < -0.39 is 0 Å². The zero-order valence-electron chi connectivity index (χ0n) is 9.72. The fraction of sp³-hybridized carbons (Fsp3) is 0.333. The van der Waals surface area contributed by atoms with E-state index in [1.54, 1.807) is 16.8 Å². The van der Waals surface area contributed by atoms with Crippen LogP contribution in [-0.2, 0) is 13.0 Å². The van der Waals surface area contributed by atoms with Gasteiger partial charge < -0.3 is 4.74 Å². The number of nitrogens with zero attached hydrogens (tertiary/aromatic N) is 3. The fourth-order valence-electron chi connectivity index (χ4n) is 1.45. The highest BCUT2D eigenvalue weighted by Crippen LogP contribution is 2.15. The highest BCUT2D eigenvalue weighted by molar-refractivity contribution is 9.09. The van der Waals surface area contributed by atoms with Crippen molar-refractivity contribution in [3.63, 3.8) is 0 Å². The van der Waals surface area contributed by atoms with Gasteiger partial charge in [-0.2, -0.15) is 0 Å². The molecule has 18 heavy (non-hydrogen) atoms. The molecule has 6 heteroatoms. The van der Waals surface area contributed by atoms with Gasteiger partial charge in [-0.3, -0.25) is 0 Å². The number of hydrogen-bond acceptors (Lipinski definition) is 3. The Hall–Kier alpha value is -1.07. The van der Waals surface area contributed by atoms with Crippen molar-refractivity contribution in [2.75, 3.05) is 11.9 Å². The summed E-state index contributed by atoms with van der Waals surface area (Å²) in [6.45, 7) is 1.23. The highest BCUT2D eigenvalue weighted by Gasteiger charge is 2.00. The van der Waals surface area contributed by atoms with Crippen LogP contribution in [0.2, 0.25) is 5.02 Å². The Morgan fingerprint density at radius 3 is 2.78 bits per heavy atom. The minimum absolute atomic E-state index is 0.554.